The first-order chi connectivity index (χ1) is 13.3. The topological polar surface area (TPSA) is 36.4 Å². The van der Waals surface area contributed by atoms with Gasteiger partial charge in [0.25, 0.3) is 0 Å². The highest BCUT2D eigenvalue weighted by Crippen LogP contribution is 2.24. The first kappa shape index (κ1) is 18.3. The molecule has 1 saturated heterocycles. The lowest BCUT2D eigenvalue weighted by atomic mass is 10.1. The number of thiazole rings is 1. The molecule has 0 N–H and O–H groups in total. The van der Waals surface area contributed by atoms with Gasteiger partial charge in [-0.3, -0.25) is 9.69 Å². The van der Waals surface area contributed by atoms with Gasteiger partial charge in [-0.2, -0.15) is 11.3 Å². The van der Waals surface area contributed by atoms with Gasteiger partial charge in [0.15, 0.2) is 0 Å². The van der Waals surface area contributed by atoms with Gasteiger partial charge in [-0.05, 0) is 28.8 Å². The average molecular weight is 398 g/mol. The standard InChI is InChI=1S/C21H23N3OS2/c25-20(7-6-17-8-13-26-15-17)24-11-9-23(10-12-24)14-19-16-27-21(22-19)18-4-2-1-3-5-18/h1-5,8,13,15-16H,6-7,9-12,14H2. The fraction of sp³-hybridized carbons (Fsp3) is 0.333. The summed E-state index contributed by atoms with van der Waals surface area (Å²) < 4.78 is 0. The molecule has 3 heterocycles. The Morgan fingerprint density at radius 1 is 1.04 bits per heavy atom. The van der Waals surface area contributed by atoms with Gasteiger partial charge in [0.05, 0.1) is 5.69 Å². The van der Waals surface area contributed by atoms with Crippen LogP contribution in [0.25, 0.3) is 10.6 Å². The van der Waals surface area contributed by atoms with Crippen molar-refractivity contribution in [2.24, 2.45) is 0 Å². The van der Waals surface area contributed by atoms with E-state index >= 15 is 0 Å². The lowest BCUT2D eigenvalue weighted by molar-refractivity contribution is -0.133. The zero-order valence-corrected chi connectivity index (χ0v) is 16.8. The summed E-state index contributed by atoms with van der Waals surface area (Å²) in [5.41, 5.74) is 3.57. The third kappa shape index (κ3) is 4.83. The minimum absolute atomic E-state index is 0.279. The van der Waals surface area contributed by atoms with Crippen LogP contribution < -0.4 is 0 Å². The Balaban J connectivity index is 1.25. The number of hydrogen-bond donors (Lipinski definition) is 0. The summed E-state index contributed by atoms with van der Waals surface area (Å²) in [7, 11) is 0. The molecule has 0 spiro atoms. The summed E-state index contributed by atoms with van der Waals surface area (Å²) in [6, 6.07) is 12.4. The van der Waals surface area contributed by atoms with E-state index in [9.17, 15) is 4.79 Å². The Labute approximate surface area is 168 Å². The fourth-order valence-corrected chi connectivity index (χ4v) is 4.84. The van der Waals surface area contributed by atoms with Gasteiger partial charge in [-0.25, -0.2) is 4.98 Å². The maximum atomic E-state index is 12.4. The van der Waals surface area contributed by atoms with Gasteiger partial charge in [0.2, 0.25) is 5.91 Å². The second-order valence-corrected chi connectivity index (χ2v) is 8.44. The molecular weight excluding hydrogens is 374 g/mol. The summed E-state index contributed by atoms with van der Waals surface area (Å²) in [6.45, 7) is 4.33. The molecule has 1 fully saturated rings. The normalized spacial score (nSPS) is 15.2. The summed E-state index contributed by atoms with van der Waals surface area (Å²) in [6.07, 6.45) is 1.47. The highest BCUT2D eigenvalue weighted by Gasteiger charge is 2.21. The monoisotopic (exact) mass is 397 g/mol. The number of carbonyl (C=O) groups excluding carboxylic acids is 1. The molecule has 0 unspecified atom stereocenters. The van der Waals surface area contributed by atoms with Crippen molar-refractivity contribution in [3.05, 3.63) is 63.8 Å². The van der Waals surface area contributed by atoms with Crippen LogP contribution in [0.15, 0.2) is 52.5 Å². The molecule has 1 amide bonds. The van der Waals surface area contributed by atoms with Crippen LogP contribution in [-0.4, -0.2) is 46.9 Å². The molecule has 3 aromatic rings. The highest BCUT2D eigenvalue weighted by molar-refractivity contribution is 7.13. The van der Waals surface area contributed by atoms with Crippen molar-refractivity contribution in [2.75, 3.05) is 26.2 Å². The van der Waals surface area contributed by atoms with Crippen molar-refractivity contribution in [3.8, 4) is 10.6 Å². The number of aryl methyl sites for hydroxylation is 1. The van der Waals surface area contributed by atoms with Crippen molar-refractivity contribution in [1.29, 1.82) is 0 Å². The molecule has 0 radical (unpaired) electrons. The van der Waals surface area contributed by atoms with Gasteiger partial charge in [-0.1, -0.05) is 30.3 Å². The first-order valence-electron chi connectivity index (χ1n) is 9.29. The largest absolute Gasteiger partial charge is 0.340 e. The van der Waals surface area contributed by atoms with Crippen LogP contribution in [0.3, 0.4) is 0 Å². The third-order valence-corrected chi connectivity index (χ3v) is 6.56. The number of aromatic nitrogens is 1. The number of amides is 1. The van der Waals surface area contributed by atoms with Gasteiger partial charge in [-0.15, -0.1) is 11.3 Å². The third-order valence-electron chi connectivity index (χ3n) is 4.89. The molecule has 1 aromatic carbocycles. The van der Waals surface area contributed by atoms with Crippen LogP contribution in [0.1, 0.15) is 17.7 Å². The van der Waals surface area contributed by atoms with Crippen LogP contribution in [0.5, 0.6) is 0 Å². The molecule has 140 valence electrons. The van der Waals surface area contributed by atoms with Crippen LogP contribution in [0, 0.1) is 0 Å². The zero-order valence-electron chi connectivity index (χ0n) is 15.2. The Bertz CT molecular complexity index is 853. The van der Waals surface area contributed by atoms with Crippen molar-refractivity contribution in [3.63, 3.8) is 0 Å². The fourth-order valence-electron chi connectivity index (χ4n) is 3.32. The van der Waals surface area contributed by atoms with E-state index in [0.29, 0.717) is 6.42 Å². The molecule has 4 nitrogen and oxygen atoms in total. The quantitative estimate of drug-likeness (QED) is 0.627. The van der Waals surface area contributed by atoms with Gasteiger partial charge < -0.3 is 4.90 Å². The van der Waals surface area contributed by atoms with E-state index in [1.807, 2.05) is 23.1 Å². The number of nitrogens with zero attached hydrogens (tertiary/aromatic N) is 3. The second-order valence-electron chi connectivity index (χ2n) is 6.80. The molecule has 0 atom stereocenters. The minimum Gasteiger partial charge on any atom is -0.340 e. The van der Waals surface area contributed by atoms with Crippen molar-refractivity contribution < 1.29 is 4.79 Å². The molecular formula is C21H23N3OS2. The Hall–Kier alpha value is -2.02. The predicted molar refractivity (Wildman–Crippen MR) is 112 cm³/mol. The summed E-state index contributed by atoms with van der Waals surface area (Å²) in [4.78, 5) is 21.6. The molecule has 0 bridgehead atoms. The van der Waals surface area contributed by atoms with E-state index in [1.54, 1.807) is 22.7 Å². The van der Waals surface area contributed by atoms with E-state index in [4.69, 9.17) is 4.98 Å². The maximum absolute atomic E-state index is 12.4. The number of hydrogen-bond acceptors (Lipinski definition) is 5. The minimum atomic E-state index is 0.279. The lowest BCUT2D eigenvalue weighted by Crippen LogP contribution is -2.48. The second kappa shape index (κ2) is 8.78. The summed E-state index contributed by atoms with van der Waals surface area (Å²) in [5, 5.41) is 7.43. The lowest BCUT2D eigenvalue weighted by Gasteiger charge is -2.34. The average Bonchev–Trinajstić information content (AvgIpc) is 3.39. The SMILES string of the molecule is O=C(CCc1ccsc1)N1CCN(Cc2csc(-c3ccccc3)n2)CC1. The molecule has 27 heavy (non-hydrogen) atoms. The van der Waals surface area contributed by atoms with Crippen LogP contribution in [-0.2, 0) is 17.8 Å². The smallest absolute Gasteiger partial charge is 0.222 e. The van der Waals surface area contributed by atoms with Crippen molar-refractivity contribution in [2.45, 2.75) is 19.4 Å². The first-order valence-corrected chi connectivity index (χ1v) is 11.1. The van der Waals surface area contributed by atoms with Crippen molar-refractivity contribution >= 4 is 28.6 Å². The number of benzene rings is 1. The maximum Gasteiger partial charge on any atom is 0.222 e. The molecule has 2 aromatic heterocycles. The molecule has 1 aliphatic rings. The van der Waals surface area contributed by atoms with Crippen molar-refractivity contribution in [1.82, 2.24) is 14.8 Å². The molecule has 1 aliphatic heterocycles. The van der Waals surface area contributed by atoms with E-state index in [1.165, 1.54) is 11.1 Å². The van der Waals surface area contributed by atoms with Crippen LogP contribution in [0.2, 0.25) is 0 Å². The highest BCUT2D eigenvalue weighted by atomic mass is 32.1. The van der Waals surface area contributed by atoms with Crippen LogP contribution >= 0.6 is 22.7 Å². The Morgan fingerprint density at radius 3 is 2.59 bits per heavy atom. The summed E-state index contributed by atoms with van der Waals surface area (Å²) >= 11 is 3.39. The van der Waals surface area contributed by atoms with Gasteiger partial charge >= 0.3 is 0 Å². The zero-order chi connectivity index (χ0) is 18.5. The number of piperazine rings is 1. The molecule has 0 saturated carbocycles. The molecule has 0 aliphatic carbocycles. The van der Waals surface area contributed by atoms with Crippen LogP contribution in [0.4, 0.5) is 0 Å². The van der Waals surface area contributed by atoms with Gasteiger partial charge in [0, 0.05) is 50.1 Å². The Morgan fingerprint density at radius 2 is 1.85 bits per heavy atom. The predicted octanol–water partition coefficient (Wildman–Crippen LogP) is 4.15. The van der Waals surface area contributed by atoms with E-state index in [-0.39, 0.29) is 5.91 Å². The van der Waals surface area contributed by atoms with E-state index in [2.05, 4.69) is 39.2 Å². The number of thiophene rings is 1. The Kier molecular flexibility index (Phi) is 5.97. The molecule has 4 rings (SSSR count). The number of rotatable bonds is 6. The van der Waals surface area contributed by atoms with E-state index in [0.717, 1.165) is 49.8 Å². The number of carbonyl (C=O) groups is 1. The van der Waals surface area contributed by atoms with E-state index < -0.39 is 0 Å². The summed E-state index contributed by atoms with van der Waals surface area (Å²) in [5.74, 6) is 0.279. The van der Waals surface area contributed by atoms with Gasteiger partial charge in [0.1, 0.15) is 5.01 Å². The molecule has 6 heteroatoms.